The van der Waals surface area contributed by atoms with Crippen molar-refractivity contribution in [3.8, 4) is 11.5 Å². The number of imide groups is 1. The fraction of sp³-hybridized carbons (Fsp3) is 0.269. The lowest BCUT2D eigenvalue weighted by Gasteiger charge is -2.31. The Hall–Kier alpha value is -7.20. The lowest BCUT2D eigenvalue weighted by atomic mass is 10.0. The number of nitrogens with two attached hydrogens (primary N) is 1. The quantitative estimate of drug-likeness (QED) is 0.0809. The van der Waals surface area contributed by atoms with E-state index >= 15 is 0 Å². The molecule has 22 nitrogen and oxygen atoms in total. The summed E-state index contributed by atoms with van der Waals surface area (Å²) < 4.78 is 81.0. The minimum absolute atomic E-state index is 0.0251. The zero-order valence-electron chi connectivity index (χ0n) is 41.3. The number of hydrogen-bond acceptors (Lipinski definition) is 17. The van der Waals surface area contributed by atoms with E-state index in [2.05, 4.69) is 72.1 Å². The van der Waals surface area contributed by atoms with Gasteiger partial charge in [0.25, 0.3) is 43.6 Å². The molecule has 0 unspecified atom stereocenters. The second-order valence-corrected chi connectivity index (χ2v) is 24.0. The van der Waals surface area contributed by atoms with Gasteiger partial charge in [-0.1, -0.05) is 91.4 Å². The second-order valence-electron chi connectivity index (χ2n) is 18.6. The molecule has 3 aliphatic heterocycles. The van der Waals surface area contributed by atoms with E-state index in [0.717, 1.165) is 39.3 Å². The van der Waals surface area contributed by atoms with Gasteiger partial charge in [-0.25, -0.2) is 26.8 Å². The average Bonchev–Trinajstić information content (AvgIpc) is 4.37. The summed E-state index contributed by atoms with van der Waals surface area (Å²) in [6.07, 6.45) is 4.26. The van der Waals surface area contributed by atoms with Gasteiger partial charge < -0.3 is 34.2 Å². The van der Waals surface area contributed by atoms with Crippen molar-refractivity contribution < 1.29 is 44.9 Å². The van der Waals surface area contributed by atoms with Gasteiger partial charge >= 0.3 is 0 Å². The fourth-order valence-corrected chi connectivity index (χ4v) is 13.4. The SMILES string of the molecule is NCc1ccc(OCc2nc([C@@H]3CCCCN3S(=O)(=O)c3nc4ccc(Br)cc4[nH]3)no2)cc1.O=C1c2ccccc2C(=O)N1Cc1ccc(OCc2nc([C@@H]3CCCCN3S(=O)(=O)c3nc4ccc(Br)cc4[nH]3)no2)cc1. The molecule has 7 heterocycles. The molecule has 78 heavy (non-hydrogen) atoms. The summed E-state index contributed by atoms with van der Waals surface area (Å²) >= 11 is 6.79. The molecule has 3 aliphatic rings. The molecule has 0 radical (unpaired) electrons. The highest BCUT2D eigenvalue weighted by molar-refractivity contribution is 9.10. The van der Waals surface area contributed by atoms with Crippen molar-refractivity contribution in [3.05, 3.63) is 164 Å². The number of hydrogen-bond donors (Lipinski definition) is 3. The number of nitrogens with one attached hydrogen (secondary N) is 2. The predicted molar refractivity (Wildman–Crippen MR) is 287 cm³/mol. The summed E-state index contributed by atoms with van der Waals surface area (Å²) in [5.41, 5.74) is 10.6. The number of imidazole rings is 2. The topological polar surface area (TPSA) is 292 Å². The van der Waals surface area contributed by atoms with E-state index in [-0.39, 0.29) is 59.5 Å². The minimum atomic E-state index is -3.96. The number of amides is 2. The maximum atomic E-state index is 13.6. The van der Waals surface area contributed by atoms with Crippen LogP contribution in [0.4, 0.5) is 0 Å². The molecule has 9 aromatic rings. The van der Waals surface area contributed by atoms with Crippen molar-refractivity contribution in [2.45, 2.75) is 87.2 Å². The van der Waals surface area contributed by atoms with Crippen LogP contribution in [0.2, 0.25) is 0 Å². The minimum Gasteiger partial charge on any atom is -0.484 e. The van der Waals surface area contributed by atoms with Crippen LogP contribution in [-0.2, 0) is 46.3 Å². The molecule has 5 aromatic carbocycles. The highest BCUT2D eigenvalue weighted by atomic mass is 79.9. The third kappa shape index (κ3) is 11.0. The Morgan fingerprint density at radius 1 is 0.590 bits per heavy atom. The van der Waals surface area contributed by atoms with E-state index in [1.165, 1.54) is 13.5 Å². The van der Waals surface area contributed by atoms with Gasteiger partial charge in [0.05, 0.1) is 51.8 Å². The van der Waals surface area contributed by atoms with Gasteiger partial charge in [0, 0.05) is 28.6 Å². The number of carbonyl (C=O) groups is 2. The molecule has 2 atom stereocenters. The highest BCUT2D eigenvalue weighted by Crippen LogP contribution is 2.36. The normalized spacial score (nSPS) is 17.3. The number of rotatable bonds is 15. The highest BCUT2D eigenvalue weighted by Gasteiger charge is 2.41. The first kappa shape index (κ1) is 52.8. The molecule has 0 aliphatic carbocycles. The summed E-state index contributed by atoms with van der Waals surface area (Å²) in [4.78, 5) is 49.9. The average molecular weight is 1220 g/mol. The van der Waals surface area contributed by atoms with E-state index in [9.17, 15) is 26.4 Å². The number of halogens is 2. The van der Waals surface area contributed by atoms with Crippen molar-refractivity contribution >= 4 is 85.8 Å². The van der Waals surface area contributed by atoms with E-state index in [4.69, 9.17) is 24.3 Å². The van der Waals surface area contributed by atoms with Crippen LogP contribution < -0.4 is 15.2 Å². The molecule has 2 fully saturated rings. The number of sulfonamides is 2. The van der Waals surface area contributed by atoms with Crippen LogP contribution in [0.5, 0.6) is 11.5 Å². The number of nitrogens with zero attached hydrogens (tertiary/aromatic N) is 9. The number of aromatic nitrogens is 8. The Morgan fingerprint density at radius 2 is 1.04 bits per heavy atom. The Labute approximate surface area is 463 Å². The van der Waals surface area contributed by atoms with Gasteiger partial charge in [-0.3, -0.25) is 14.5 Å². The van der Waals surface area contributed by atoms with Crippen molar-refractivity contribution in [3.63, 3.8) is 0 Å². The molecule has 4 aromatic heterocycles. The van der Waals surface area contributed by atoms with Gasteiger partial charge in [0.15, 0.2) is 24.9 Å². The Morgan fingerprint density at radius 3 is 1.49 bits per heavy atom. The molecule has 2 amide bonds. The van der Waals surface area contributed by atoms with Crippen molar-refractivity contribution in [2.75, 3.05) is 13.1 Å². The molecule has 0 bridgehead atoms. The molecule has 402 valence electrons. The van der Waals surface area contributed by atoms with E-state index in [1.807, 2.05) is 30.3 Å². The number of fused-ring (bicyclic) bond motifs is 3. The monoisotopic (exact) mass is 1220 g/mol. The van der Waals surface area contributed by atoms with Crippen molar-refractivity contribution in [2.24, 2.45) is 5.73 Å². The summed E-state index contributed by atoms with van der Waals surface area (Å²) in [7, 11) is -7.86. The number of piperidine rings is 2. The molecule has 4 N–H and O–H groups in total. The Kier molecular flexibility index (Phi) is 15.1. The maximum Gasteiger partial charge on any atom is 0.277 e. The lowest BCUT2D eigenvalue weighted by Crippen LogP contribution is -2.39. The van der Waals surface area contributed by atoms with Gasteiger partial charge in [-0.2, -0.15) is 18.6 Å². The van der Waals surface area contributed by atoms with E-state index in [0.29, 0.717) is 89.4 Å². The second kappa shape index (κ2) is 22.3. The number of benzene rings is 5. The Balaban J connectivity index is 0.000000171. The number of ether oxygens (including phenoxy) is 2. The molecule has 2 saturated heterocycles. The van der Waals surface area contributed by atoms with Crippen molar-refractivity contribution in [1.29, 1.82) is 0 Å². The summed E-state index contributed by atoms with van der Waals surface area (Å²) in [6, 6.07) is 30.8. The molecule has 0 spiro atoms. The van der Waals surface area contributed by atoms with Crippen LogP contribution in [-0.4, -0.2) is 95.5 Å². The Bertz CT molecular complexity index is 3870. The van der Waals surface area contributed by atoms with Crippen LogP contribution >= 0.6 is 31.9 Å². The van der Waals surface area contributed by atoms with E-state index < -0.39 is 32.1 Å². The third-order valence-corrected chi connectivity index (χ3v) is 17.9. The van der Waals surface area contributed by atoms with E-state index in [1.54, 1.807) is 78.9 Å². The van der Waals surface area contributed by atoms with Crippen LogP contribution in [0.1, 0.15) is 106 Å². The van der Waals surface area contributed by atoms with Crippen LogP contribution in [0, 0.1) is 0 Å². The van der Waals surface area contributed by atoms with Gasteiger partial charge in [-0.15, -0.1) is 0 Å². The molecular formula is C52H48Br2N12O10S2. The summed E-state index contributed by atoms with van der Waals surface area (Å²) in [5.74, 6) is 1.61. The zero-order chi connectivity index (χ0) is 54.1. The van der Waals surface area contributed by atoms with Gasteiger partial charge in [-0.05, 0) is 110 Å². The zero-order valence-corrected chi connectivity index (χ0v) is 46.1. The molecule has 26 heteroatoms. The predicted octanol–water partition coefficient (Wildman–Crippen LogP) is 8.66. The summed E-state index contributed by atoms with van der Waals surface area (Å²) in [6.45, 7) is 1.31. The first-order valence-corrected chi connectivity index (χ1v) is 29.3. The lowest BCUT2D eigenvalue weighted by molar-refractivity contribution is 0.0642. The van der Waals surface area contributed by atoms with Gasteiger partial charge in [0.1, 0.15) is 11.5 Å². The first-order valence-electron chi connectivity index (χ1n) is 24.8. The standard InChI is InChI=1S/C30H25BrN6O6S.C22H23BrN6O4S/c31-19-10-13-23-24(15-19)33-30(32-23)44(40,41)37-14-4-3-7-25(37)27-34-26(43-35-27)17-42-20-11-8-18(9-12-20)16-36-28(38)21-5-1-2-6-22(21)29(36)39;23-15-6-9-17-18(11-15)26-22(25-17)34(30,31)29-10-2-1-3-19(29)21-27-20(33-28-21)13-32-16-7-4-14(12-24)5-8-16/h1-2,5-6,8-13,15,25H,3-4,7,14,16-17H2,(H,32,33);4-9,11,19H,1-3,10,12-13,24H2,(H,25,26)/t25-;19-/m00/s1. The molecular weight excluding hydrogens is 1180 g/mol. The number of H-pyrrole nitrogens is 2. The third-order valence-electron chi connectivity index (χ3n) is 13.4. The number of carbonyl (C=O) groups excluding carboxylic acids is 2. The summed E-state index contributed by atoms with van der Waals surface area (Å²) in [5, 5.41) is 7.93. The first-order chi connectivity index (χ1) is 37.7. The van der Waals surface area contributed by atoms with Crippen LogP contribution in [0.3, 0.4) is 0 Å². The fourth-order valence-electron chi connectivity index (χ4n) is 9.48. The maximum absolute atomic E-state index is 13.6. The number of aromatic amines is 2. The smallest absolute Gasteiger partial charge is 0.277 e. The van der Waals surface area contributed by atoms with Crippen LogP contribution in [0.15, 0.2) is 137 Å². The molecule has 0 saturated carbocycles. The van der Waals surface area contributed by atoms with Crippen LogP contribution in [0.25, 0.3) is 22.1 Å². The van der Waals surface area contributed by atoms with Crippen molar-refractivity contribution in [1.82, 2.24) is 53.7 Å². The molecule has 12 rings (SSSR count). The largest absolute Gasteiger partial charge is 0.484 e. The van der Waals surface area contributed by atoms with Gasteiger partial charge in [0.2, 0.25) is 10.3 Å².